The number of carbonyl (C=O) groups excluding carboxylic acids is 1. The van der Waals surface area contributed by atoms with E-state index in [0.29, 0.717) is 5.89 Å². The van der Waals surface area contributed by atoms with Gasteiger partial charge >= 0.3 is 6.01 Å². The molecule has 2 rings (SSSR count). The van der Waals surface area contributed by atoms with Crippen molar-refractivity contribution in [1.29, 1.82) is 0 Å². The Balaban J connectivity index is 1.97. The first-order chi connectivity index (χ1) is 7.16. The van der Waals surface area contributed by atoms with Crippen LogP contribution in [0.3, 0.4) is 0 Å². The summed E-state index contributed by atoms with van der Waals surface area (Å²) in [5.41, 5.74) is 5.81. The standard InChI is InChI=1S/C9H14N4O2/c1-5-12-13-9(15-5)11-8(14)6-3-2-4-7(6)10/h6-7H,2-4,10H2,1H3,(H,11,13,14). The molecule has 2 atom stereocenters. The first-order valence-electron chi connectivity index (χ1n) is 5.03. The van der Waals surface area contributed by atoms with Crippen molar-refractivity contribution < 1.29 is 9.21 Å². The maximum absolute atomic E-state index is 11.7. The molecule has 15 heavy (non-hydrogen) atoms. The average Bonchev–Trinajstić information content (AvgIpc) is 2.75. The fraction of sp³-hybridized carbons (Fsp3) is 0.667. The third kappa shape index (κ3) is 2.15. The van der Waals surface area contributed by atoms with Crippen LogP contribution in [0.4, 0.5) is 6.01 Å². The molecular formula is C9H14N4O2. The van der Waals surface area contributed by atoms with E-state index in [1.165, 1.54) is 0 Å². The molecular weight excluding hydrogens is 196 g/mol. The third-order valence-corrected chi connectivity index (χ3v) is 2.66. The summed E-state index contributed by atoms with van der Waals surface area (Å²) in [5.74, 6) is 0.182. The maximum atomic E-state index is 11.7. The van der Waals surface area contributed by atoms with Crippen LogP contribution in [0.1, 0.15) is 25.2 Å². The van der Waals surface area contributed by atoms with Gasteiger partial charge in [0.25, 0.3) is 0 Å². The Bertz CT molecular complexity index is 363. The molecule has 82 valence electrons. The van der Waals surface area contributed by atoms with Crippen LogP contribution in [0.2, 0.25) is 0 Å². The van der Waals surface area contributed by atoms with E-state index in [1.54, 1.807) is 6.92 Å². The lowest BCUT2D eigenvalue weighted by atomic mass is 10.0. The Kier molecular flexibility index (Phi) is 2.68. The lowest BCUT2D eigenvalue weighted by Gasteiger charge is -2.12. The summed E-state index contributed by atoms with van der Waals surface area (Å²) in [5, 5.41) is 9.89. The zero-order valence-corrected chi connectivity index (χ0v) is 8.56. The summed E-state index contributed by atoms with van der Waals surface area (Å²) in [6.07, 6.45) is 2.74. The van der Waals surface area contributed by atoms with Crippen molar-refractivity contribution in [1.82, 2.24) is 10.2 Å². The average molecular weight is 210 g/mol. The Morgan fingerprint density at radius 3 is 2.87 bits per heavy atom. The number of hydrogen-bond donors (Lipinski definition) is 2. The fourth-order valence-electron chi connectivity index (χ4n) is 1.86. The highest BCUT2D eigenvalue weighted by molar-refractivity contribution is 5.91. The SMILES string of the molecule is Cc1nnc(NC(=O)C2CCCC2N)o1. The predicted octanol–water partition coefficient (Wildman–Crippen LogP) is 0.444. The second-order valence-electron chi connectivity index (χ2n) is 3.82. The van der Waals surface area contributed by atoms with Gasteiger partial charge in [-0.3, -0.25) is 10.1 Å². The Hall–Kier alpha value is -1.43. The molecule has 1 saturated carbocycles. The quantitative estimate of drug-likeness (QED) is 0.738. The molecule has 1 aromatic rings. The third-order valence-electron chi connectivity index (χ3n) is 2.66. The van der Waals surface area contributed by atoms with Crippen molar-refractivity contribution in [2.75, 3.05) is 5.32 Å². The van der Waals surface area contributed by atoms with Gasteiger partial charge in [0.2, 0.25) is 11.8 Å². The summed E-state index contributed by atoms with van der Waals surface area (Å²) < 4.78 is 5.05. The van der Waals surface area contributed by atoms with Gasteiger partial charge in [-0.05, 0) is 12.8 Å². The van der Waals surface area contributed by atoms with Crippen molar-refractivity contribution in [2.45, 2.75) is 32.2 Å². The second kappa shape index (κ2) is 3.98. The second-order valence-corrected chi connectivity index (χ2v) is 3.82. The highest BCUT2D eigenvalue weighted by Crippen LogP contribution is 2.25. The van der Waals surface area contributed by atoms with Gasteiger partial charge in [0.15, 0.2) is 0 Å². The first-order valence-corrected chi connectivity index (χ1v) is 5.03. The summed E-state index contributed by atoms with van der Waals surface area (Å²) >= 11 is 0. The number of amides is 1. The largest absolute Gasteiger partial charge is 0.408 e. The van der Waals surface area contributed by atoms with Crippen LogP contribution in [-0.4, -0.2) is 22.1 Å². The molecule has 6 nitrogen and oxygen atoms in total. The number of hydrogen-bond acceptors (Lipinski definition) is 5. The number of nitrogens with two attached hydrogens (primary N) is 1. The lowest BCUT2D eigenvalue weighted by Crippen LogP contribution is -2.34. The fourth-order valence-corrected chi connectivity index (χ4v) is 1.86. The van der Waals surface area contributed by atoms with Crippen molar-refractivity contribution >= 4 is 11.9 Å². The monoisotopic (exact) mass is 210 g/mol. The number of nitrogens with zero attached hydrogens (tertiary/aromatic N) is 2. The Morgan fingerprint density at radius 2 is 2.33 bits per heavy atom. The highest BCUT2D eigenvalue weighted by atomic mass is 16.4. The molecule has 0 saturated heterocycles. The molecule has 0 aromatic carbocycles. The summed E-state index contributed by atoms with van der Waals surface area (Å²) in [6, 6.07) is 0.102. The summed E-state index contributed by atoms with van der Waals surface area (Å²) in [6.45, 7) is 1.67. The molecule has 0 radical (unpaired) electrons. The van der Waals surface area contributed by atoms with Crippen molar-refractivity contribution in [2.24, 2.45) is 11.7 Å². The van der Waals surface area contributed by atoms with E-state index in [1.807, 2.05) is 0 Å². The van der Waals surface area contributed by atoms with Gasteiger partial charge < -0.3 is 10.2 Å². The molecule has 3 N–H and O–H groups in total. The molecule has 1 amide bonds. The molecule has 1 aromatic heterocycles. The molecule has 1 heterocycles. The van der Waals surface area contributed by atoms with Gasteiger partial charge in [0.1, 0.15) is 0 Å². The van der Waals surface area contributed by atoms with E-state index >= 15 is 0 Å². The maximum Gasteiger partial charge on any atom is 0.322 e. The molecule has 1 aliphatic rings. The number of aryl methyl sites for hydroxylation is 1. The molecule has 0 spiro atoms. The van der Waals surface area contributed by atoms with Crippen molar-refractivity contribution in [3.8, 4) is 0 Å². The van der Waals surface area contributed by atoms with Gasteiger partial charge in [-0.25, -0.2) is 0 Å². The van der Waals surface area contributed by atoms with E-state index in [9.17, 15) is 4.79 Å². The van der Waals surface area contributed by atoms with Gasteiger partial charge in [0, 0.05) is 13.0 Å². The number of rotatable bonds is 2. The van der Waals surface area contributed by atoms with Crippen molar-refractivity contribution in [3.05, 3.63) is 5.89 Å². The van der Waals surface area contributed by atoms with E-state index < -0.39 is 0 Å². The van der Waals surface area contributed by atoms with Gasteiger partial charge in [0.05, 0.1) is 5.92 Å². The van der Waals surface area contributed by atoms with Crippen LogP contribution < -0.4 is 11.1 Å². The smallest absolute Gasteiger partial charge is 0.322 e. The molecule has 1 fully saturated rings. The number of nitrogens with one attached hydrogen (secondary N) is 1. The number of carbonyl (C=O) groups is 1. The topological polar surface area (TPSA) is 94.0 Å². The Labute approximate surface area is 87.2 Å². The van der Waals surface area contributed by atoms with Crippen LogP contribution in [0.15, 0.2) is 4.42 Å². The lowest BCUT2D eigenvalue weighted by molar-refractivity contribution is -0.120. The summed E-state index contributed by atoms with van der Waals surface area (Å²) in [7, 11) is 0. The van der Waals surface area contributed by atoms with Crippen LogP contribution in [-0.2, 0) is 4.79 Å². The molecule has 2 unspecified atom stereocenters. The van der Waals surface area contributed by atoms with Crippen molar-refractivity contribution in [3.63, 3.8) is 0 Å². The minimum atomic E-state index is -0.128. The molecule has 1 aliphatic carbocycles. The van der Waals surface area contributed by atoms with Crippen LogP contribution in [0.5, 0.6) is 0 Å². The van der Waals surface area contributed by atoms with Gasteiger partial charge in [-0.1, -0.05) is 11.5 Å². The zero-order chi connectivity index (χ0) is 10.8. The summed E-state index contributed by atoms with van der Waals surface area (Å²) in [4.78, 5) is 11.7. The van der Waals surface area contributed by atoms with Crippen LogP contribution in [0.25, 0.3) is 0 Å². The number of aromatic nitrogens is 2. The minimum absolute atomic E-state index is 0.0472. The minimum Gasteiger partial charge on any atom is -0.408 e. The van der Waals surface area contributed by atoms with Crippen LogP contribution >= 0.6 is 0 Å². The first kappa shape index (κ1) is 10.1. The highest BCUT2D eigenvalue weighted by Gasteiger charge is 2.30. The van der Waals surface area contributed by atoms with E-state index in [0.717, 1.165) is 19.3 Å². The van der Waals surface area contributed by atoms with Gasteiger partial charge in [-0.2, -0.15) is 0 Å². The number of anilines is 1. The van der Waals surface area contributed by atoms with E-state index in [-0.39, 0.29) is 23.9 Å². The van der Waals surface area contributed by atoms with Crippen LogP contribution in [0, 0.1) is 12.8 Å². The van der Waals surface area contributed by atoms with Gasteiger partial charge in [-0.15, -0.1) is 5.10 Å². The molecule has 0 bridgehead atoms. The zero-order valence-electron chi connectivity index (χ0n) is 8.56. The molecule has 6 heteroatoms. The van der Waals surface area contributed by atoms with E-state index in [2.05, 4.69) is 15.5 Å². The molecule has 0 aliphatic heterocycles. The van der Waals surface area contributed by atoms with E-state index in [4.69, 9.17) is 10.2 Å². The normalized spacial score (nSPS) is 25.5. The predicted molar refractivity (Wildman–Crippen MR) is 53.0 cm³/mol. The Morgan fingerprint density at radius 1 is 1.53 bits per heavy atom.